The average molecular weight is 703 g/mol. The lowest BCUT2D eigenvalue weighted by molar-refractivity contribution is -0.385. The minimum Gasteiger partial charge on any atom is -0.448 e. The van der Waals surface area contributed by atoms with Crippen LogP contribution in [0.15, 0.2) is 68.4 Å². The molecule has 0 N–H and O–H groups in total. The Morgan fingerprint density at radius 1 is 0.950 bits per heavy atom. The Labute approximate surface area is 243 Å². The van der Waals surface area contributed by atoms with Crippen LogP contribution in [-0.2, 0) is 17.5 Å². The van der Waals surface area contributed by atoms with Crippen LogP contribution in [0.2, 0.25) is 0 Å². The number of benzene rings is 3. The van der Waals surface area contributed by atoms with Gasteiger partial charge >= 0.3 is 11.9 Å². The van der Waals surface area contributed by atoms with Gasteiger partial charge in [0, 0.05) is 18.2 Å². The molecule has 10 nitrogen and oxygen atoms in total. The fourth-order valence-corrected chi connectivity index (χ4v) is 5.71. The highest BCUT2D eigenvalue weighted by Gasteiger charge is 2.36. The second kappa shape index (κ2) is 11.4. The van der Waals surface area contributed by atoms with Crippen LogP contribution in [0.3, 0.4) is 0 Å². The van der Waals surface area contributed by atoms with Gasteiger partial charge in [-0.1, -0.05) is 12.1 Å². The summed E-state index contributed by atoms with van der Waals surface area (Å²) in [5, 5.41) is 21.7. The van der Waals surface area contributed by atoms with Crippen LogP contribution in [0.4, 0.5) is 29.3 Å². The van der Waals surface area contributed by atoms with Crippen molar-refractivity contribution in [1.82, 2.24) is 4.90 Å². The molecule has 1 fully saturated rings. The number of carbonyl (C=O) groups excluding carboxylic acids is 2. The van der Waals surface area contributed by atoms with E-state index in [0.29, 0.717) is 35.0 Å². The molecule has 0 spiro atoms. The molecule has 3 aromatic rings. The topological polar surface area (TPSA) is 133 Å². The molecule has 0 aromatic heterocycles. The van der Waals surface area contributed by atoms with Crippen LogP contribution >= 0.6 is 43.6 Å². The zero-order valence-corrected chi connectivity index (χ0v) is 23.5. The maximum atomic E-state index is 13.0. The molecule has 0 saturated carbocycles. The van der Waals surface area contributed by atoms with Gasteiger partial charge in [-0.15, -0.1) is 0 Å². The molecule has 40 heavy (non-hydrogen) atoms. The number of nitro benzene ring substituents is 2. The van der Waals surface area contributed by atoms with Crippen molar-refractivity contribution in [3.63, 3.8) is 0 Å². The summed E-state index contributed by atoms with van der Waals surface area (Å²) >= 11 is 7.21. The third-order valence-electron chi connectivity index (χ3n) is 5.37. The first kappa shape index (κ1) is 29.2. The standard InChI is InChI=1S/C24H12Br2F3N3O7S/c25-16-7-13(8-17(26)21(16)39-19-6-3-14(24(27,28)29)10-18(19)32(37)38)9-20-22(33)30(23(34)40-20)11-12-1-4-15(5-2-12)31(35)36/h1-10H,11H2/b20-9-. The lowest BCUT2D eigenvalue weighted by atomic mass is 10.1. The van der Waals surface area contributed by atoms with Crippen LogP contribution < -0.4 is 4.74 Å². The molecule has 206 valence electrons. The Hall–Kier alpha value is -3.76. The molecular formula is C24H12Br2F3N3O7S. The van der Waals surface area contributed by atoms with Crippen molar-refractivity contribution in [2.24, 2.45) is 0 Å². The van der Waals surface area contributed by atoms with Crippen molar-refractivity contribution in [2.45, 2.75) is 12.7 Å². The number of nitrogens with zero attached hydrogens (tertiary/aromatic N) is 3. The van der Waals surface area contributed by atoms with Gasteiger partial charge in [0.1, 0.15) is 0 Å². The first-order valence-electron chi connectivity index (χ1n) is 10.8. The second-order valence-corrected chi connectivity index (χ2v) is 10.7. The average Bonchev–Trinajstić information content (AvgIpc) is 3.13. The first-order valence-corrected chi connectivity index (χ1v) is 13.2. The van der Waals surface area contributed by atoms with Crippen molar-refractivity contribution < 1.29 is 37.3 Å². The van der Waals surface area contributed by atoms with Gasteiger partial charge in [0.2, 0.25) is 5.75 Å². The van der Waals surface area contributed by atoms with E-state index in [1.54, 1.807) is 0 Å². The Bertz CT molecular complexity index is 1570. The summed E-state index contributed by atoms with van der Waals surface area (Å²) in [6.45, 7) is -0.0912. The fraction of sp³-hybridized carbons (Fsp3) is 0.0833. The van der Waals surface area contributed by atoms with Gasteiger partial charge in [-0.2, -0.15) is 13.2 Å². The largest absolute Gasteiger partial charge is 0.448 e. The van der Waals surface area contributed by atoms with Gasteiger partial charge in [0.25, 0.3) is 16.8 Å². The number of amides is 2. The molecule has 0 unspecified atom stereocenters. The van der Waals surface area contributed by atoms with Gasteiger partial charge < -0.3 is 4.74 Å². The van der Waals surface area contributed by atoms with E-state index in [0.717, 1.165) is 11.0 Å². The van der Waals surface area contributed by atoms with Crippen molar-refractivity contribution in [3.8, 4) is 11.5 Å². The summed E-state index contributed by atoms with van der Waals surface area (Å²) in [6.07, 6.45) is -3.35. The van der Waals surface area contributed by atoms with Crippen molar-refractivity contribution >= 4 is 72.2 Å². The summed E-state index contributed by atoms with van der Waals surface area (Å²) in [7, 11) is 0. The number of ether oxygens (including phenoxy) is 1. The molecule has 0 bridgehead atoms. The Kier molecular flexibility index (Phi) is 8.32. The molecule has 1 heterocycles. The molecule has 1 aliphatic heterocycles. The quantitative estimate of drug-likeness (QED) is 0.137. The number of nitro groups is 2. The first-order chi connectivity index (χ1) is 18.7. The highest BCUT2D eigenvalue weighted by atomic mass is 79.9. The van der Waals surface area contributed by atoms with E-state index in [1.165, 1.54) is 42.5 Å². The Morgan fingerprint density at radius 2 is 1.57 bits per heavy atom. The van der Waals surface area contributed by atoms with E-state index in [-0.39, 0.29) is 31.8 Å². The Morgan fingerprint density at radius 3 is 2.12 bits per heavy atom. The summed E-state index contributed by atoms with van der Waals surface area (Å²) in [5.74, 6) is -0.993. The zero-order valence-electron chi connectivity index (χ0n) is 19.5. The van der Waals surface area contributed by atoms with Crippen LogP contribution in [-0.4, -0.2) is 25.9 Å². The molecule has 1 aliphatic rings. The van der Waals surface area contributed by atoms with Crippen molar-refractivity contribution in [3.05, 3.63) is 105 Å². The number of rotatable bonds is 7. The molecule has 2 amide bonds. The molecule has 4 rings (SSSR count). The SMILES string of the molecule is O=C1S/C(=C\c2cc(Br)c(Oc3ccc(C(F)(F)F)cc3[N+](=O)[O-])c(Br)c2)C(=O)N1Cc1ccc([N+](=O)[O-])cc1. The zero-order chi connectivity index (χ0) is 29.4. The summed E-state index contributed by atoms with van der Waals surface area (Å²) in [4.78, 5) is 47.1. The van der Waals surface area contributed by atoms with Crippen molar-refractivity contribution in [2.75, 3.05) is 0 Å². The molecular weight excluding hydrogens is 691 g/mol. The number of non-ortho nitro benzene ring substituents is 1. The molecule has 0 aliphatic carbocycles. The number of hydrogen-bond acceptors (Lipinski definition) is 8. The highest BCUT2D eigenvalue weighted by molar-refractivity contribution is 9.11. The van der Waals surface area contributed by atoms with Gasteiger partial charge in [-0.3, -0.25) is 34.7 Å². The van der Waals surface area contributed by atoms with E-state index in [2.05, 4.69) is 31.9 Å². The van der Waals surface area contributed by atoms with E-state index in [1.807, 2.05) is 0 Å². The molecule has 1 saturated heterocycles. The highest BCUT2D eigenvalue weighted by Crippen LogP contribution is 2.43. The maximum Gasteiger partial charge on any atom is 0.416 e. The van der Waals surface area contributed by atoms with Gasteiger partial charge in [0.15, 0.2) is 5.75 Å². The van der Waals surface area contributed by atoms with Gasteiger partial charge in [0.05, 0.1) is 35.8 Å². The number of alkyl halides is 3. The van der Waals surface area contributed by atoms with E-state index in [4.69, 9.17) is 4.74 Å². The van der Waals surface area contributed by atoms with Crippen molar-refractivity contribution in [1.29, 1.82) is 0 Å². The summed E-state index contributed by atoms with van der Waals surface area (Å²) < 4.78 is 45.1. The number of hydrogen-bond donors (Lipinski definition) is 0. The number of thioether (sulfide) groups is 1. The lowest BCUT2D eigenvalue weighted by Crippen LogP contribution is -2.27. The van der Waals surface area contributed by atoms with E-state index in [9.17, 15) is 43.0 Å². The number of halogens is 5. The normalized spacial score (nSPS) is 14.6. The van der Waals surface area contributed by atoms with Crippen LogP contribution in [0.1, 0.15) is 16.7 Å². The smallest absolute Gasteiger partial charge is 0.416 e. The molecule has 0 radical (unpaired) electrons. The van der Waals surface area contributed by atoms with Gasteiger partial charge in [-0.25, -0.2) is 0 Å². The van der Waals surface area contributed by atoms with Crippen LogP contribution in [0.5, 0.6) is 11.5 Å². The predicted octanol–water partition coefficient (Wildman–Crippen LogP) is 8.08. The molecule has 16 heteroatoms. The molecule has 0 atom stereocenters. The monoisotopic (exact) mass is 701 g/mol. The predicted molar refractivity (Wildman–Crippen MR) is 145 cm³/mol. The van der Waals surface area contributed by atoms with Gasteiger partial charge in [-0.05, 0) is 85.1 Å². The maximum absolute atomic E-state index is 13.0. The third-order valence-corrected chi connectivity index (χ3v) is 7.46. The third kappa shape index (κ3) is 6.34. The summed E-state index contributed by atoms with van der Waals surface area (Å²) in [6, 6.07) is 10.3. The minimum absolute atomic E-state index is 0.0197. The number of imide groups is 1. The molecule has 3 aromatic carbocycles. The van der Waals surface area contributed by atoms with Crippen LogP contribution in [0.25, 0.3) is 6.08 Å². The van der Waals surface area contributed by atoms with E-state index < -0.39 is 44.2 Å². The fourth-order valence-electron chi connectivity index (χ4n) is 3.49. The Balaban J connectivity index is 1.56. The second-order valence-electron chi connectivity index (χ2n) is 8.04. The number of carbonyl (C=O) groups is 2. The van der Waals surface area contributed by atoms with Crippen LogP contribution in [0, 0.1) is 20.2 Å². The summed E-state index contributed by atoms with van der Waals surface area (Å²) in [5.41, 5.74) is -1.29. The lowest BCUT2D eigenvalue weighted by Gasteiger charge is -2.13. The van der Waals surface area contributed by atoms with E-state index >= 15 is 0 Å². The minimum atomic E-state index is -4.78.